The van der Waals surface area contributed by atoms with E-state index in [9.17, 15) is 10.0 Å². The number of anilines is 1. The predicted molar refractivity (Wildman–Crippen MR) is 51.8 cm³/mol. The van der Waals surface area contributed by atoms with E-state index in [2.05, 4.69) is 0 Å². The van der Waals surface area contributed by atoms with Gasteiger partial charge in [0.15, 0.2) is 6.20 Å². The van der Waals surface area contributed by atoms with Gasteiger partial charge < -0.3 is 10.1 Å². The van der Waals surface area contributed by atoms with Crippen molar-refractivity contribution in [3.05, 3.63) is 29.2 Å². The van der Waals surface area contributed by atoms with Crippen LogP contribution >= 0.6 is 0 Å². The van der Waals surface area contributed by atoms with Gasteiger partial charge in [0.2, 0.25) is 11.6 Å². The zero-order chi connectivity index (χ0) is 10.1. The Hall–Kier alpha value is -1.58. The zero-order valence-electron chi connectivity index (χ0n) is 8.06. The number of carbonyl (C=O) groups is 1. The van der Waals surface area contributed by atoms with Crippen molar-refractivity contribution in [2.45, 2.75) is 19.3 Å². The van der Waals surface area contributed by atoms with Gasteiger partial charge in [0.05, 0.1) is 0 Å². The molecule has 1 aromatic heterocycles. The molecule has 1 amide bonds. The van der Waals surface area contributed by atoms with E-state index in [1.54, 1.807) is 18.0 Å². The molecule has 0 aromatic carbocycles. The summed E-state index contributed by atoms with van der Waals surface area (Å²) in [4.78, 5) is 13.1. The summed E-state index contributed by atoms with van der Waals surface area (Å²) in [6.45, 7) is 0. The van der Waals surface area contributed by atoms with Crippen LogP contribution in [0.5, 0.6) is 0 Å². The van der Waals surface area contributed by atoms with E-state index in [4.69, 9.17) is 0 Å². The van der Waals surface area contributed by atoms with Gasteiger partial charge in [-0.3, -0.25) is 4.79 Å². The Morgan fingerprint density at radius 3 is 3.07 bits per heavy atom. The molecule has 0 saturated carbocycles. The summed E-state index contributed by atoms with van der Waals surface area (Å²) in [6.07, 6.45) is 3.42. The van der Waals surface area contributed by atoms with Crippen molar-refractivity contribution in [2.24, 2.45) is 0 Å². The first-order valence-electron chi connectivity index (χ1n) is 4.68. The quantitative estimate of drug-likeness (QED) is 0.447. The molecule has 2 heterocycles. The third kappa shape index (κ3) is 1.32. The fourth-order valence-electron chi connectivity index (χ4n) is 1.76. The summed E-state index contributed by atoms with van der Waals surface area (Å²) >= 11 is 0. The van der Waals surface area contributed by atoms with Gasteiger partial charge in [0, 0.05) is 26.0 Å². The Bertz CT molecular complexity index is 376. The van der Waals surface area contributed by atoms with Crippen LogP contribution in [0, 0.1) is 5.21 Å². The van der Waals surface area contributed by atoms with Crippen LogP contribution in [0.2, 0.25) is 0 Å². The second kappa shape index (κ2) is 3.29. The molecule has 0 atom stereocenters. The van der Waals surface area contributed by atoms with Gasteiger partial charge in [-0.2, -0.15) is 4.73 Å². The largest absolute Gasteiger partial charge is 0.618 e. The molecule has 0 saturated heterocycles. The molecular formula is C10H12N2O2. The van der Waals surface area contributed by atoms with Crippen molar-refractivity contribution < 1.29 is 9.52 Å². The van der Waals surface area contributed by atoms with Crippen molar-refractivity contribution in [2.75, 3.05) is 11.9 Å². The molecule has 0 bridgehead atoms. The molecule has 1 aromatic rings. The van der Waals surface area contributed by atoms with E-state index in [1.807, 2.05) is 6.07 Å². The van der Waals surface area contributed by atoms with Gasteiger partial charge in [-0.1, -0.05) is 0 Å². The molecule has 0 spiro atoms. The lowest BCUT2D eigenvalue weighted by molar-refractivity contribution is -0.613. The molecule has 74 valence electrons. The molecule has 0 aliphatic carbocycles. The molecule has 0 unspecified atom stereocenters. The molecule has 1 aliphatic heterocycles. The Morgan fingerprint density at radius 1 is 1.50 bits per heavy atom. The number of rotatable bonds is 0. The molecule has 4 nitrogen and oxygen atoms in total. The van der Waals surface area contributed by atoms with E-state index >= 15 is 0 Å². The van der Waals surface area contributed by atoms with Crippen molar-refractivity contribution in [1.82, 2.24) is 0 Å². The molecule has 0 N–H and O–H groups in total. The fraction of sp³-hybridized carbons (Fsp3) is 0.400. The van der Waals surface area contributed by atoms with E-state index in [0.29, 0.717) is 18.5 Å². The van der Waals surface area contributed by atoms with Gasteiger partial charge >= 0.3 is 0 Å². The smallest absolute Gasteiger partial charge is 0.226 e. The number of carbonyl (C=O) groups excluding carboxylic acids is 1. The molecule has 14 heavy (non-hydrogen) atoms. The number of hydrogen-bond acceptors (Lipinski definition) is 2. The van der Waals surface area contributed by atoms with Crippen molar-refractivity contribution in [1.29, 1.82) is 0 Å². The van der Waals surface area contributed by atoms with Gasteiger partial charge in [-0.15, -0.1) is 0 Å². The molecular weight excluding hydrogens is 180 g/mol. The maximum Gasteiger partial charge on any atom is 0.226 e. The highest BCUT2D eigenvalue weighted by Gasteiger charge is 2.23. The number of amides is 1. The summed E-state index contributed by atoms with van der Waals surface area (Å²) in [5.74, 6) is 0.0787. The number of aromatic nitrogens is 1. The van der Waals surface area contributed by atoms with Crippen LogP contribution < -0.4 is 9.63 Å². The predicted octanol–water partition coefficient (Wildman–Crippen LogP) is 0.619. The highest BCUT2D eigenvalue weighted by Crippen LogP contribution is 2.22. The zero-order valence-corrected chi connectivity index (χ0v) is 8.06. The average molecular weight is 192 g/mol. The van der Waals surface area contributed by atoms with Crippen LogP contribution in [0.4, 0.5) is 5.69 Å². The van der Waals surface area contributed by atoms with Crippen molar-refractivity contribution >= 4 is 11.6 Å². The molecule has 2 rings (SSSR count). The molecule has 4 heteroatoms. The van der Waals surface area contributed by atoms with E-state index < -0.39 is 0 Å². The Morgan fingerprint density at radius 2 is 2.29 bits per heavy atom. The second-order valence-electron chi connectivity index (χ2n) is 3.47. The summed E-state index contributed by atoms with van der Waals surface area (Å²) < 4.78 is 0.852. The molecule has 1 aliphatic rings. The average Bonchev–Trinajstić information content (AvgIpc) is 2.31. The number of pyridine rings is 1. The van der Waals surface area contributed by atoms with Crippen LogP contribution in [0.1, 0.15) is 18.5 Å². The van der Waals surface area contributed by atoms with Gasteiger partial charge in [-0.05, 0) is 12.5 Å². The lowest BCUT2D eigenvalue weighted by atomic mass is 10.2. The summed E-state index contributed by atoms with van der Waals surface area (Å²) in [5.41, 5.74) is 1.44. The third-order valence-electron chi connectivity index (χ3n) is 2.58. The first-order chi connectivity index (χ1) is 6.70. The topological polar surface area (TPSA) is 47.2 Å². The monoisotopic (exact) mass is 192 g/mol. The van der Waals surface area contributed by atoms with E-state index in [0.717, 1.165) is 16.8 Å². The van der Waals surface area contributed by atoms with Crippen molar-refractivity contribution in [3.8, 4) is 0 Å². The maximum absolute atomic E-state index is 11.5. The minimum absolute atomic E-state index is 0.0787. The van der Waals surface area contributed by atoms with Crippen LogP contribution in [0.15, 0.2) is 18.3 Å². The summed E-state index contributed by atoms with van der Waals surface area (Å²) in [7, 11) is 1.71. The SMILES string of the molecule is CN1C(=O)CCCc2c1ccc[n+]2[O-]. The lowest BCUT2D eigenvalue weighted by Gasteiger charge is -2.15. The minimum Gasteiger partial charge on any atom is -0.618 e. The minimum atomic E-state index is 0.0787. The van der Waals surface area contributed by atoms with E-state index in [-0.39, 0.29) is 5.91 Å². The number of nitrogens with zero attached hydrogens (tertiary/aromatic N) is 2. The lowest BCUT2D eigenvalue weighted by Crippen LogP contribution is -2.34. The number of fused-ring (bicyclic) bond motifs is 1. The van der Waals surface area contributed by atoms with Crippen LogP contribution in [0.3, 0.4) is 0 Å². The molecule has 0 radical (unpaired) electrons. The summed E-state index contributed by atoms with van der Waals surface area (Å²) in [6, 6.07) is 3.48. The van der Waals surface area contributed by atoms with Crippen LogP contribution in [-0.2, 0) is 11.2 Å². The summed E-state index contributed by atoms with van der Waals surface area (Å²) in [5, 5.41) is 11.4. The van der Waals surface area contributed by atoms with Crippen LogP contribution in [0.25, 0.3) is 0 Å². The second-order valence-corrected chi connectivity index (χ2v) is 3.47. The van der Waals surface area contributed by atoms with Gasteiger partial charge in [0.1, 0.15) is 5.69 Å². The van der Waals surface area contributed by atoms with Gasteiger partial charge in [-0.25, -0.2) is 0 Å². The van der Waals surface area contributed by atoms with Gasteiger partial charge in [0.25, 0.3) is 0 Å². The standard InChI is InChI=1S/C10H12N2O2/c1-11-8-5-3-7-12(14)9(8)4-2-6-10(11)13/h3,5,7H,2,4,6H2,1H3. The highest BCUT2D eigenvalue weighted by atomic mass is 16.5. The highest BCUT2D eigenvalue weighted by molar-refractivity contribution is 5.93. The number of hydrogen-bond donors (Lipinski definition) is 0. The Balaban J connectivity index is 2.53. The van der Waals surface area contributed by atoms with Crippen molar-refractivity contribution in [3.63, 3.8) is 0 Å². The Kier molecular flexibility index (Phi) is 2.11. The van der Waals surface area contributed by atoms with E-state index in [1.165, 1.54) is 6.20 Å². The molecule has 0 fully saturated rings. The normalized spacial score (nSPS) is 16.4. The first-order valence-corrected chi connectivity index (χ1v) is 4.68. The maximum atomic E-state index is 11.5. The van der Waals surface area contributed by atoms with Crippen LogP contribution in [-0.4, -0.2) is 13.0 Å². The first kappa shape index (κ1) is 8.99. The fourth-order valence-corrected chi connectivity index (χ4v) is 1.76. The Labute approximate surface area is 82.3 Å². The third-order valence-corrected chi connectivity index (χ3v) is 2.58.